The number of ether oxygens (including phenoxy) is 1. The highest BCUT2D eigenvalue weighted by Crippen LogP contribution is 2.33. The zero-order valence-electron chi connectivity index (χ0n) is 17.2. The third-order valence-electron chi connectivity index (χ3n) is 4.71. The lowest BCUT2D eigenvalue weighted by molar-refractivity contribution is -0.122. The van der Waals surface area contributed by atoms with E-state index in [2.05, 4.69) is 5.32 Å². The second-order valence-electron chi connectivity index (χ2n) is 7.08. The Hall–Kier alpha value is -2.64. The molecule has 30 heavy (non-hydrogen) atoms. The van der Waals surface area contributed by atoms with Gasteiger partial charge in [-0.2, -0.15) is 0 Å². The van der Waals surface area contributed by atoms with Crippen molar-refractivity contribution in [3.05, 3.63) is 64.1 Å². The lowest BCUT2D eigenvalue weighted by atomic mass is 10.1. The minimum Gasteiger partial charge on any atom is -0.497 e. The van der Waals surface area contributed by atoms with Crippen LogP contribution in [0.3, 0.4) is 0 Å². The first-order valence-corrected chi connectivity index (χ1v) is 10.9. The Morgan fingerprint density at radius 2 is 2.03 bits per heavy atom. The number of thiocarbonyl (C=S) groups is 1. The molecule has 1 aliphatic rings. The molecule has 156 valence electrons. The number of hydrogen-bond donors (Lipinski definition) is 1. The maximum Gasteiger partial charge on any atom is 0.266 e. The highest BCUT2D eigenvalue weighted by atomic mass is 32.2. The van der Waals surface area contributed by atoms with Crippen molar-refractivity contribution in [2.45, 2.75) is 26.7 Å². The van der Waals surface area contributed by atoms with Gasteiger partial charge in [0, 0.05) is 18.7 Å². The average Bonchev–Trinajstić information content (AvgIpc) is 2.97. The SMILES string of the molecule is COc1cccc(C=C2SC(=S)N(CCCC(=O)Nc3ccc(C)cc3C)C2=O)c1. The number of amides is 2. The lowest BCUT2D eigenvalue weighted by Gasteiger charge is -2.14. The second-order valence-corrected chi connectivity index (χ2v) is 8.76. The van der Waals surface area contributed by atoms with E-state index in [-0.39, 0.29) is 11.8 Å². The van der Waals surface area contributed by atoms with Crippen LogP contribution >= 0.6 is 24.0 Å². The molecule has 1 heterocycles. The molecule has 0 aliphatic carbocycles. The van der Waals surface area contributed by atoms with E-state index in [9.17, 15) is 9.59 Å². The standard InChI is InChI=1S/C23H24N2O3S2/c1-15-9-10-19(16(2)12-15)24-21(26)8-5-11-25-22(27)20(30-23(25)29)14-17-6-4-7-18(13-17)28-3/h4,6-7,9-10,12-14H,5,8,11H2,1-3H3,(H,24,26). The molecule has 1 N–H and O–H groups in total. The third-order valence-corrected chi connectivity index (χ3v) is 6.08. The zero-order valence-corrected chi connectivity index (χ0v) is 18.9. The van der Waals surface area contributed by atoms with Gasteiger partial charge in [-0.15, -0.1) is 0 Å². The molecule has 1 saturated heterocycles. The van der Waals surface area contributed by atoms with E-state index < -0.39 is 0 Å². The van der Waals surface area contributed by atoms with E-state index >= 15 is 0 Å². The topological polar surface area (TPSA) is 58.6 Å². The Morgan fingerprint density at radius 3 is 2.77 bits per heavy atom. The maximum atomic E-state index is 12.7. The van der Waals surface area contributed by atoms with Gasteiger partial charge in [0.05, 0.1) is 12.0 Å². The summed E-state index contributed by atoms with van der Waals surface area (Å²) in [6, 6.07) is 13.4. The van der Waals surface area contributed by atoms with E-state index in [0.29, 0.717) is 28.6 Å². The van der Waals surface area contributed by atoms with Gasteiger partial charge in [0.2, 0.25) is 5.91 Å². The number of carbonyl (C=O) groups excluding carboxylic acids is 2. The fourth-order valence-electron chi connectivity index (χ4n) is 3.14. The highest BCUT2D eigenvalue weighted by molar-refractivity contribution is 8.26. The molecule has 0 bridgehead atoms. The molecule has 2 amide bonds. The van der Waals surface area contributed by atoms with Gasteiger partial charge >= 0.3 is 0 Å². The fourth-order valence-corrected chi connectivity index (χ4v) is 4.45. The van der Waals surface area contributed by atoms with Gasteiger partial charge in [0.25, 0.3) is 5.91 Å². The Morgan fingerprint density at radius 1 is 1.23 bits per heavy atom. The first-order valence-electron chi connectivity index (χ1n) is 9.64. The quantitative estimate of drug-likeness (QED) is 0.489. The van der Waals surface area contributed by atoms with E-state index in [1.165, 1.54) is 11.8 Å². The molecule has 0 spiro atoms. The average molecular weight is 441 g/mol. The van der Waals surface area contributed by atoms with Crippen LogP contribution in [0.15, 0.2) is 47.4 Å². The Balaban J connectivity index is 1.55. The van der Waals surface area contributed by atoms with Gasteiger partial charge in [0.15, 0.2) is 0 Å². The first-order chi connectivity index (χ1) is 14.4. The molecule has 2 aromatic carbocycles. The van der Waals surface area contributed by atoms with Crippen molar-refractivity contribution in [2.24, 2.45) is 0 Å². The van der Waals surface area contributed by atoms with Crippen LogP contribution in [0.4, 0.5) is 5.69 Å². The van der Waals surface area contributed by atoms with Gasteiger partial charge in [-0.3, -0.25) is 14.5 Å². The summed E-state index contributed by atoms with van der Waals surface area (Å²) >= 11 is 6.66. The molecule has 7 heteroatoms. The Bertz CT molecular complexity index is 1020. The van der Waals surface area contributed by atoms with E-state index in [1.807, 2.05) is 62.4 Å². The fraction of sp³-hybridized carbons (Fsp3) is 0.261. The van der Waals surface area contributed by atoms with E-state index in [0.717, 1.165) is 28.1 Å². The molecule has 0 aromatic heterocycles. The number of benzene rings is 2. The van der Waals surface area contributed by atoms with Crippen molar-refractivity contribution >= 4 is 51.9 Å². The summed E-state index contributed by atoms with van der Waals surface area (Å²) in [6.07, 6.45) is 2.67. The molecule has 0 saturated carbocycles. The summed E-state index contributed by atoms with van der Waals surface area (Å²) in [5.41, 5.74) is 3.88. The Labute approximate surface area is 186 Å². The molecule has 3 rings (SSSR count). The number of nitrogens with one attached hydrogen (secondary N) is 1. The number of carbonyl (C=O) groups is 2. The lowest BCUT2D eigenvalue weighted by Crippen LogP contribution is -2.29. The van der Waals surface area contributed by atoms with Gasteiger partial charge in [-0.1, -0.05) is 53.8 Å². The van der Waals surface area contributed by atoms with Crippen LogP contribution < -0.4 is 10.1 Å². The van der Waals surface area contributed by atoms with Crippen molar-refractivity contribution in [3.8, 4) is 5.75 Å². The van der Waals surface area contributed by atoms with Gasteiger partial charge < -0.3 is 10.1 Å². The largest absolute Gasteiger partial charge is 0.497 e. The van der Waals surface area contributed by atoms with Crippen LogP contribution in [0.25, 0.3) is 6.08 Å². The van der Waals surface area contributed by atoms with Crippen LogP contribution in [0, 0.1) is 13.8 Å². The predicted molar refractivity (Wildman–Crippen MR) is 127 cm³/mol. The number of rotatable bonds is 7. The number of anilines is 1. The third kappa shape index (κ3) is 5.49. The molecule has 0 radical (unpaired) electrons. The summed E-state index contributed by atoms with van der Waals surface area (Å²) in [6.45, 7) is 4.40. The summed E-state index contributed by atoms with van der Waals surface area (Å²) in [5.74, 6) is 0.538. The number of nitrogens with zero attached hydrogens (tertiary/aromatic N) is 1. The molecule has 2 aromatic rings. The molecular formula is C23H24N2O3S2. The van der Waals surface area contributed by atoms with Crippen LogP contribution in [0.5, 0.6) is 5.75 Å². The van der Waals surface area contributed by atoms with Gasteiger partial charge in [0.1, 0.15) is 10.1 Å². The number of thioether (sulfide) groups is 1. The normalized spacial score (nSPS) is 15.0. The Kier molecular flexibility index (Phi) is 7.29. The summed E-state index contributed by atoms with van der Waals surface area (Å²) in [7, 11) is 1.61. The number of hydrogen-bond acceptors (Lipinski definition) is 5. The maximum absolute atomic E-state index is 12.7. The second kappa shape index (κ2) is 9.91. The zero-order chi connectivity index (χ0) is 21.7. The van der Waals surface area contributed by atoms with Gasteiger partial charge in [-0.05, 0) is 55.7 Å². The molecule has 1 fully saturated rings. The molecular weight excluding hydrogens is 416 g/mol. The summed E-state index contributed by atoms with van der Waals surface area (Å²) < 4.78 is 5.74. The summed E-state index contributed by atoms with van der Waals surface area (Å²) in [5, 5.41) is 2.93. The van der Waals surface area contributed by atoms with Crippen molar-refractivity contribution in [1.29, 1.82) is 0 Å². The number of methoxy groups -OCH3 is 1. The van der Waals surface area contributed by atoms with Crippen LogP contribution in [-0.4, -0.2) is 34.7 Å². The van der Waals surface area contributed by atoms with Crippen molar-refractivity contribution < 1.29 is 14.3 Å². The van der Waals surface area contributed by atoms with Gasteiger partial charge in [-0.25, -0.2) is 0 Å². The number of aryl methyl sites for hydroxylation is 2. The predicted octanol–water partition coefficient (Wildman–Crippen LogP) is 4.93. The molecule has 5 nitrogen and oxygen atoms in total. The van der Waals surface area contributed by atoms with Crippen molar-refractivity contribution in [3.63, 3.8) is 0 Å². The highest BCUT2D eigenvalue weighted by Gasteiger charge is 2.31. The monoisotopic (exact) mass is 440 g/mol. The van der Waals surface area contributed by atoms with Crippen LogP contribution in [-0.2, 0) is 9.59 Å². The molecule has 1 aliphatic heterocycles. The minimum absolute atomic E-state index is 0.0701. The molecule has 0 unspecified atom stereocenters. The van der Waals surface area contributed by atoms with E-state index in [1.54, 1.807) is 12.0 Å². The summed E-state index contributed by atoms with van der Waals surface area (Å²) in [4.78, 5) is 27.2. The first kappa shape index (κ1) is 22.1. The van der Waals surface area contributed by atoms with Crippen LogP contribution in [0.2, 0.25) is 0 Å². The van der Waals surface area contributed by atoms with Crippen molar-refractivity contribution in [1.82, 2.24) is 4.90 Å². The smallest absolute Gasteiger partial charge is 0.266 e. The van der Waals surface area contributed by atoms with E-state index in [4.69, 9.17) is 17.0 Å². The van der Waals surface area contributed by atoms with Crippen molar-refractivity contribution in [2.75, 3.05) is 19.0 Å². The minimum atomic E-state index is -0.123. The van der Waals surface area contributed by atoms with Crippen LogP contribution in [0.1, 0.15) is 29.5 Å². The molecule has 0 atom stereocenters.